The SMILES string of the molecule is CCOC(=O)c1noc(Oc2ccc(Cl)cc2Cl)n1. The Balaban J connectivity index is 2.13. The molecule has 1 aromatic heterocycles. The van der Waals surface area contributed by atoms with Crippen LogP contribution < -0.4 is 4.74 Å². The Labute approximate surface area is 118 Å². The highest BCUT2D eigenvalue weighted by molar-refractivity contribution is 6.35. The van der Waals surface area contributed by atoms with E-state index in [1.807, 2.05) is 0 Å². The summed E-state index contributed by atoms with van der Waals surface area (Å²) in [5.74, 6) is -0.629. The summed E-state index contributed by atoms with van der Waals surface area (Å²) >= 11 is 11.7. The van der Waals surface area contributed by atoms with Crippen molar-refractivity contribution in [2.24, 2.45) is 0 Å². The highest BCUT2D eigenvalue weighted by Gasteiger charge is 2.17. The van der Waals surface area contributed by atoms with E-state index in [0.717, 1.165) is 0 Å². The third-order valence-corrected chi connectivity index (χ3v) is 2.49. The van der Waals surface area contributed by atoms with Gasteiger partial charge >= 0.3 is 12.0 Å². The van der Waals surface area contributed by atoms with E-state index in [4.69, 9.17) is 37.2 Å². The molecule has 0 radical (unpaired) electrons. The average molecular weight is 303 g/mol. The van der Waals surface area contributed by atoms with E-state index in [2.05, 4.69) is 10.1 Å². The first kappa shape index (κ1) is 13.6. The van der Waals surface area contributed by atoms with Gasteiger partial charge in [0.1, 0.15) is 0 Å². The summed E-state index contributed by atoms with van der Waals surface area (Å²) in [4.78, 5) is 15.0. The van der Waals surface area contributed by atoms with Gasteiger partial charge in [-0.3, -0.25) is 4.52 Å². The molecule has 0 bridgehead atoms. The first-order valence-corrected chi connectivity index (χ1v) is 5.99. The van der Waals surface area contributed by atoms with E-state index in [1.165, 1.54) is 6.07 Å². The molecule has 6 nitrogen and oxygen atoms in total. The number of carbonyl (C=O) groups is 1. The monoisotopic (exact) mass is 302 g/mol. The number of rotatable bonds is 4. The quantitative estimate of drug-likeness (QED) is 0.806. The Morgan fingerprint density at radius 3 is 2.89 bits per heavy atom. The molecular formula is C11H8Cl2N2O4. The number of esters is 1. The Morgan fingerprint density at radius 1 is 1.42 bits per heavy atom. The number of ether oxygens (including phenoxy) is 2. The van der Waals surface area contributed by atoms with Gasteiger partial charge < -0.3 is 9.47 Å². The molecule has 0 aliphatic rings. The van der Waals surface area contributed by atoms with Crippen LogP contribution in [-0.4, -0.2) is 22.7 Å². The third kappa shape index (κ3) is 3.36. The van der Waals surface area contributed by atoms with E-state index < -0.39 is 5.97 Å². The second-order valence-electron chi connectivity index (χ2n) is 3.28. The number of hydrogen-bond donors (Lipinski definition) is 0. The Morgan fingerprint density at radius 2 is 2.21 bits per heavy atom. The molecule has 8 heteroatoms. The molecule has 0 atom stereocenters. The second kappa shape index (κ2) is 5.90. The van der Waals surface area contributed by atoms with E-state index in [9.17, 15) is 4.79 Å². The van der Waals surface area contributed by atoms with Crippen LogP contribution in [0.25, 0.3) is 0 Å². The Bertz CT molecular complexity index is 600. The van der Waals surface area contributed by atoms with Crippen LogP contribution in [-0.2, 0) is 4.74 Å². The number of halogens is 2. The zero-order valence-corrected chi connectivity index (χ0v) is 11.2. The zero-order chi connectivity index (χ0) is 13.8. The number of aromatic nitrogens is 2. The van der Waals surface area contributed by atoms with Gasteiger partial charge in [-0.25, -0.2) is 4.79 Å². The summed E-state index contributed by atoms with van der Waals surface area (Å²) in [7, 11) is 0. The lowest BCUT2D eigenvalue weighted by Crippen LogP contribution is -2.06. The predicted molar refractivity (Wildman–Crippen MR) is 66.8 cm³/mol. The molecule has 100 valence electrons. The number of hydrogen-bond acceptors (Lipinski definition) is 6. The molecule has 0 amide bonds. The number of carbonyl (C=O) groups excluding carboxylic acids is 1. The van der Waals surface area contributed by atoms with Gasteiger partial charge in [-0.1, -0.05) is 23.2 Å². The van der Waals surface area contributed by atoms with Crippen LogP contribution in [0, 0.1) is 0 Å². The molecule has 0 saturated heterocycles. The van der Waals surface area contributed by atoms with Crippen molar-refractivity contribution < 1.29 is 18.8 Å². The van der Waals surface area contributed by atoms with Crippen LogP contribution in [0.5, 0.6) is 11.8 Å². The highest BCUT2D eigenvalue weighted by Crippen LogP contribution is 2.30. The molecule has 2 rings (SSSR count). The maximum absolute atomic E-state index is 11.3. The fraction of sp³-hybridized carbons (Fsp3) is 0.182. The van der Waals surface area contributed by atoms with Crippen molar-refractivity contribution in [3.8, 4) is 11.8 Å². The molecule has 0 aliphatic carbocycles. The molecule has 0 saturated carbocycles. The van der Waals surface area contributed by atoms with Crippen molar-refractivity contribution in [1.82, 2.24) is 10.1 Å². The summed E-state index contributed by atoms with van der Waals surface area (Å²) in [6, 6.07) is 4.63. The van der Waals surface area contributed by atoms with Crippen LogP contribution in [0.4, 0.5) is 0 Å². The highest BCUT2D eigenvalue weighted by atomic mass is 35.5. The van der Waals surface area contributed by atoms with E-state index >= 15 is 0 Å². The van der Waals surface area contributed by atoms with Gasteiger partial charge in [0.2, 0.25) is 0 Å². The second-order valence-corrected chi connectivity index (χ2v) is 4.12. The van der Waals surface area contributed by atoms with Gasteiger partial charge in [-0.2, -0.15) is 0 Å². The van der Waals surface area contributed by atoms with Crippen molar-refractivity contribution >= 4 is 29.2 Å². The van der Waals surface area contributed by atoms with Crippen LogP contribution in [0.15, 0.2) is 22.7 Å². The molecule has 1 aromatic carbocycles. The lowest BCUT2D eigenvalue weighted by molar-refractivity contribution is 0.0508. The zero-order valence-electron chi connectivity index (χ0n) is 9.72. The van der Waals surface area contributed by atoms with Gasteiger partial charge in [-0.05, 0) is 30.3 Å². The molecule has 2 aromatic rings. The standard InChI is InChI=1S/C11H8Cl2N2O4/c1-2-17-10(16)9-14-11(19-15-9)18-8-4-3-6(12)5-7(8)13/h3-5H,2H2,1H3. The molecule has 0 fully saturated rings. The summed E-state index contributed by atoms with van der Waals surface area (Å²) < 4.78 is 14.7. The molecule has 0 aliphatic heterocycles. The van der Waals surface area contributed by atoms with E-state index in [1.54, 1.807) is 19.1 Å². The third-order valence-electron chi connectivity index (χ3n) is 1.96. The van der Waals surface area contributed by atoms with Crippen LogP contribution in [0.2, 0.25) is 10.0 Å². The van der Waals surface area contributed by atoms with Crippen LogP contribution in [0.3, 0.4) is 0 Å². The van der Waals surface area contributed by atoms with Gasteiger partial charge in [-0.15, -0.1) is 4.98 Å². The summed E-state index contributed by atoms with van der Waals surface area (Å²) in [6.45, 7) is 1.88. The maximum Gasteiger partial charge on any atom is 0.423 e. The molecular weight excluding hydrogens is 295 g/mol. The molecule has 0 N–H and O–H groups in total. The molecule has 0 spiro atoms. The lowest BCUT2D eigenvalue weighted by atomic mass is 10.3. The van der Waals surface area contributed by atoms with Crippen molar-refractivity contribution in [3.05, 3.63) is 34.1 Å². The summed E-state index contributed by atoms with van der Waals surface area (Å²) in [5, 5.41) is 4.17. The van der Waals surface area contributed by atoms with Gasteiger partial charge in [0.05, 0.1) is 11.6 Å². The molecule has 19 heavy (non-hydrogen) atoms. The fourth-order valence-corrected chi connectivity index (χ4v) is 1.63. The number of benzene rings is 1. The minimum atomic E-state index is -0.691. The summed E-state index contributed by atoms with van der Waals surface area (Å²) in [5.41, 5.74) is 0. The first-order chi connectivity index (χ1) is 9.10. The normalized spacial score (nSPS) is 10.3. The van der Waals surface area contributed by atoms with Crippen molar-refractivity contribution in [3.63, 3.8) is 0 Å². The van der Waals surface area contributed by atoms with Gasteiger partial charge in [0.25, 0.3) is 5.82 Å². The minimum Gasteiger partial charge on any atom is -0.460 e. The minimum absolute atomic E-state index is 0.215. The van der Waals surface area contributed by atoms with Gasteiger partial charge in [0.15, 0.2) is 5.75 Å². The lowest BCUT2D eigenvalue weighted by Gasteiger charge is -2.02. The first-order valence-electron chi connectivity index (χ1n) is 5.24. The largest absolute Gasteiger partial charge is 0.460 e. The number of nitrogens with zero attached hydrogens (tertiary/aromatic N) is 2. The van der Waals surface area contributed by atoms with Crippen LogP contribution in [0.1, 0.15) is 17.5 Å². The topological polar surface area (TPSA) is 74.5 Å². The smallest absolute Gasteiger partial charge is 0.423 e. The van der Waals surface area contributed by atoms with Crippen LogP contribution >= 0.6 is 23.2 Å². The average Bonchev–Trinajstić information content (AvgIpc) is 2.82. The fourth-order valence-electron chi connectivity index (χ4n) is 1.18. The van der Waals surface area contributed by atoms with E-state index in [-0.39, 0.29) is 29.3 Å². The van der Waals surface area contributed by atoms with Crippen molar-refractivity contribution in [2.75, 3.05) is 6.61 Å². The molecule has 1 heterocycles. The van der Waals surface area contributed by atoms with E-state index in [0.29, 0.717) is 5.02 Å². The Hall–Kier alpha value is -1.79. The Kier molecular flexibility index (Phi) is 4.24. The predicted octanol–water partition coefficient (Wildman–Crippen LogP) is 3.35. The van der Waals surface area contributed by atoms with Crippen molar-refractivity contribution in [1.29, 1.82) is 0 Å². The molecule has 0 unspecified atom stereocenters. The van der Waals surface area contributed by atoms with Crippen molar-refractivity contribution in [2.45, 2.75) is 6.92 Å². The summed E-state index contributed by atoms with van der Waals surface area (Å²) in [6.07, 6.45) is -0.215. The maximum atomic E-state index is 11.3. The van der Waals surface area contributed by atoms with Gasteiger partial charge in [0, 0.05) is 5.02 Å².